The first-order valence-electron chi connectivity index (χ1n) is 9.44. The van der Waals surface area contributed by atoms with Gasteiger partial charge in [-0.1, -0.05) is 18.2 Å². The fourth-order valence-corrected chi connectivity index (χ4v) is 3.21. The molecule has 164 valence electrons. The summed E-state index contributed by atoms with van der Waals surface area (Å²) >= 11 is 0. The highest BCUT2D eigenvalue weighted by molar-refractivity contribution is 6.36. The van der Waals surface area contributed by atoms with Crippen molar-refractivity contribution in [3.8, 4) is 5.75 Å². The highest BCUT2D eigenvalue weighted by Gasteiger charge is 2.39. The van der Waals surface area contributed by atoms with Gasteiger partial charge in [0.1, 0.15) is 11.4 Å². The van der Waals surface area contributed by atoms with E-state index in [1.165, 1.54) is 26.4 Å². The number of hydrogen-bond acceptors (Lipinski definition) is 5. The number of amides is 2. The van der Waals surface area contributed by atoms with Gasteiger partial charge in [-0.05, 0) is 42.3 Å². The van der Waals surface area contributed by atoms with Crippen LogP contribution in [0.2, 0.25) is 0 Å². The monoisotopic (exact) mass is 434 g/mol. The molecule has 0 unspecified atom stereocenters. The Kier molecular flexibility index (Phi) is 6.65. The second-order valence-corrected chi connectivity index (χ2v) is 6.79. The molecule has 0 saturated carbocycles. The predicted molar refractivity (Wildman–Crippen MR) is 108 cm³/mol. The number of carbonyl (C=O) groups is 2. The smallest absolute Gasteiger partial charge is 0.416 e. The third kappa shape index (κ3) is 4.88. The number of methoxy groups -OCH3 is 2. The van der Waals surface area contributed by atoms with Crippen LogP contribution in [0.1, 0.15) is 17.5 Å². The summed E-state index contributed by atoms with van der Waals surface area (Å²) in [5.41, 5.74) is -0.356. The van der Waals surface area contributed by atoms with Crippen LogP contribution in [-0.4, -0.2) is 44.1 Å². The van der Waals surface area contributed by atoms with Gasteiger partial charge < -0.3 is 14.8 Å². The molecule has 1 heterocycles. The summed E-state index contributed by atoms with van der Waals surface area (Å²) in [5.74, 6) is -0.574. The summed E-state index contributed by atoms with van der Waals surface area (Å²) in [6.07, 6.45) is -4.10. The molecule has 2 aromatic carbocycles. The molecule has 0 bridgehead atoms. The Hall–Kier alpha value is -3.33. The van der Waals surface area contributed by atoms with Crippen molar-refractivity contribution in [2.75, 3.05) is 32.7 Å². The molecule has 1 aliphatic rings. The fraction of sp³-hybridized carbons (Fsp3) is 0.273. The van der Waals surface area contributed by atoms with Gasteiger partial charge in [-0.3, -0.25) is 14.5 Å². The Morgan fingerprint density at radius 3 is 2.32 bits per heavy atom. The number of carbonyl (C=O) groups excluding carboxylic acids is 2. The molecular formula is C22H21F3N2O4. The Morgan fingerprint density at radius 1 is 1.00 bits per heavy atom. The number of ether oxygens (including phenoxy) is 2. The van der Waals surface area contributed by atoms with Gasteiger partial charge in [0, 0.05) is 25.9 Å². The number of anilines is 1. The molecule has 0 fully saturated rings. The number of halogens is 3. The van der Waals surface area contributed by atoms with Gasteiger partial charge in [0.15, 0.2) is 0 Å². The molecule has 0 saturated heterocycles. The van der Waals surface area contributed by atoms with Crippen molar-refractivity contribution in [1.29, 1.82) is 0 Å². The summed E-state index contributed by atoms with van der Waals surface area (Å²) in [6, 6.07) is 11.0. The van der Waals surface area contributed by atoms with Crippen LogP contribution in [0.25, 0.3) is 5.57 Å². The topological polar surface area (TPSA) is 67.9 Å². The Bertz CT molecular complexity index is 1000. The lowest BCUT2D eigenvalue weighted by molar-refractivity contribution is -0.138. The average Bonchev–Trinajstić information content (AvgIpc) is 2.98. The van der Waals surface area contributed by atoms with E-state index < -0.39 is 23.6 Å². The molecule has 31 heavy (non-hydrogen) atoms. The Labute approximate surface area is 177 Å². The molecule has 0 atom stereocenters. The molecule has 9 heteroatoms. The summed E-state index contributed by atoms with van der Waals surface area (Å²) in [4.78, 5) is 27.1. The highest BCUT2D eigenvalue weighted by atomic mass is 19.4. The number of benzene rings is 2. The molecule has 6 nitrogen and oxygen atoms in total. The minimum atomic E-state index is -4.54. The standard InChI is InChI=1S/C22H21F3N2O4/c1-30-12-4-11-27-20(28)18(14-7-9-17(31-2)10-8-14)19(21(27)29)26-16-6-3-5-15(13-16)22(23,24)25/h3,5-10,13,26H,4,11-12H2,1-2H3. The number of alkyl halides is 3. The molecule has 3 rings (SSSR count). The van der Waals surface area contributed by atoms with Crippen LogP contribution >= 0.6 is 0 Å². The highest BCUT2D eigenvalue weighted by Crippen LogP contribution is 2.34. The van der Waals surface area contributed by atoms with Crippen molar-refractivity contribution >= 4 is 23.1 Å². The summed E-state index contributed by atoms with van der Waals surface area (Å²) < 4.78 is 49.3. The van der Waals surface area contributed by atoms with Crippen LogP contribution in [0.15, 0.2) is 54.2 Å². The van der Waals surface area contributed by atoms with Crippen molar-refractivity contribution in [3.05, 3.63) is 65.4 Å². The van der Waals surface area contributed by atoms with E-state index in [0.717, 1.165) is 17.0 Å². The van der Waals surface area contributed by atoms with Crippen LogP contribution in [0.4, 0.5) is 18.9 Å². The van der Waals surface area contributed by atoms with E-state index in [4.69, 9.17) is 9.47 Å². The van der Waals surface area contributed by atoms with E-state index in [-0.39, 0.29) is 23.5 Å². The van der Waals surface area contributed by atoms with Gasteiger partial charge in [-0.2, -0.15) is 13.2 Å². The van der Waals surface area contributed by atoms with E-state index in [2.05, 4.69) is 5.32 Å². The van der Waals surface area contributed by atoms with Crippen LogP contribution in [0.5, 0.6) is 5.75 Å². The molecule has 1 N–H and O–H groups in total. The first-order chi connectivity index (χ1) is 14.8. The van der Waals surface area contributed by atoms with Crippen molar-refractivity contribution in [1.82, 2.24) is 4.90 Å². The summed E-state index contributed by atoms with van der Waals surface area (Å²) in [7, 11) is 3.01. The van der Waals surface area contributed by atoms with Crippen LogP contribution in [0.3, 0.4) is 0 Å². The predicted octanol–water partition coefficient (Wildman–Crippen LogP) is 3.94. The lowest BCUT2D eigenvalue weighted by Gasteiger charge is -2.15. The zero-order valence-electron chi connectivity index (χ0n) is 17.0. The van der Waals surface area contributed by atoms with Crippen LogP contribution in [0, 0.1) is 0 Å². The quantitative estimate of drug-likeness (QED) is 0.504. The molecule has 2 aromatic rings. The molecule has 0 aromatic heterocycles. The van der Waals surface area contributed by atoms with Crippen molar-refractivity contribution < 1.29 is 32.2 Å². The average molecular weight is 434 g/mol. The fourth-order valence-electron chi connectivity index (χ4n) is 3.21. The van der Waals surface area contributed by atoms with E-state index in [1.807, 2.05) is 0 Å². The van der Waals surface area contributed by atoms with Gasteiger partial charge >= 0.3 is 6.18 Å². The Morgan fingerprint density at radius 2 is 1.71 bits per heavy atom. The minimum Gasteiger partial charge on any atom is -0.497 e. The normalized spacial score (nSPS) is 14.4. The minimum absolute atomic E-state index is 0.0516. The second kappa shape index (κ2) is 9.22. The largest absolute Gasteiger partial charge is 0.497 e. The van der Waals surface area contributed by atoms with Crippen molar-refractivity contribution in [2.24, 2.45) is 0 Å². The SMILES string of the molecule is COCCCN1C(=O)C(Nc2cccc(C(F)(F)F)c2)=C(c2ccc(OC)cc2)C1=O. The molecule has 0 aliphatic carbocycles. The van der Waals surface area contributed by atoms with Gasteiger partial charge in [0.25, 0.3) is 11.8 Å². The molecular weight excluding hydrogens is 413 g/mol. The maximum atomic E-state index is 13.1. The van der Waals surface area contributed by atoms with Gasteiger partial charge in [-0.25, -0.2) is 0 Å². The van der Waals surface area contributed by atoms with Crippen molar-refractivity contribution in [3.63, 3.8) is 0 Å². The van der Waals surface area contributed by atoms with Crippen molar-refractivity contribution in [2.45, 2.75) is 12.6 Å². The van der Waals surface area contributed by atoms with E-state index in [0.29, 0.717) is 24.3 Å². The number of imide groups is 1. The lowest BCUT2D eigenvalue weighted by Crippen LogP contribution is -2.33. The van der Waals surface area contributed by atoms with Gasteiger partial charge in [0.2, 0.25) is 0 Å². The number of nitrogens with one attached hydrogen (secondary N) is 1. The number of nitrogens with zero attached hydrogens (tertiary/aromatic N) is 1. The third-order valence-electron chi connectivity index (χ3n) is 4.74. The van der Waals surface area contributed by atoms with E-state index >= 15 is 0 Å². The second-order valence-electron chi connectivity index (χ2n) is 6.79. The maximum Gasteiger partial charge on any atom is 0.416 e. The first-order valence-corrected chi connectivity index (χ1v) is 9.44. The molecule has 2 amide bonds. The number of rotatable bonds is 8. The lowest BCUT2D eigenvalue weighted by atomic mass is 10.0. The maximum absolute atomic E-state index is 13.1. The molecule has 0 radical (unpaired) electrons. The Balaban J connectivity index is 2.00. The summed E-state index contributed by atoms with van der Waals surface area (Å²) in [6.45, 7) is 0.476. The van der Waals surface area contributed by atoms with E-state index in [1.54, 1.807) is 24.3 Å². The molecule has 0 spiro atoms. The van der Waals surface area contributed by atoms with Crippen LogP contribution in [-0.2, 0) is 20.5 Å². The van der Waals surface area contributed by atoms with Gasteiger partial charge in [-0.15, -0.1) is 0 Å². The molecule has 1 aliphatic heterocycles. The first kappa shape index (κ1) is 22.4. The summed E-state index contributed by atoms with van der Waals surface area (Å²) in [5, 5.41) is 2.74. The zero-order chi connectivity index (χ0) is 22.6. The van der Waals surface area contributed by atoms with Crippen LogP contribution < -0.4 is 10.1 Å². The third-order valence-corrected chi connectivity index (χ3v) is 4.74. The van der Waals surface area contributed by atoms with E-state index in [9.17, 15) is 22.8 Å². The number of hydrogen-bond donors (Lipinski definition) is 1. The van der Waals surface area contributed by atoms with Gasteiger partial charge in [0.05, 0.1) is 18.2 Å². The zero-order valence-corrected chi connectivity index (χ0v) is 17.0.